The van der Waals surface area contributed by atoms with E-state index in [4.69, 9.17) is 4.74 Å². The van der Waals surface area contributed by atoms with Crippen molar-refractivity contribution in [3.63, 3.8) is 0 Å². The van der Waals surface area contributed by atoms with Crippen LogP contribution in [0.3, 0.4) is 0 Å². The fourth-order valence-corrected chi connectivity index (χ4v) is 3.89. The maximum absolute atomic E-state index is 12.0. The number of hydrogen-bond donors (Lipinski definition) is 1. The molecule has 1 aliphatic heterocycles. The summed E-state index contributed by atoms with van der Waals surface area (Å²) in [7, 11) is 3.52. The smallest absolute Gasteiger partial charge is 0.243 e. The highest BCUT2D eigenvalue weighted by Gasteiger charge is 2.23. The number of likely N-dealkylation sites (tertiary alicyclic amines) is 1. The Labute approximate surface area is 200 Å². The molecule has 1 fully saturated rings. The van der Waals surface area contributed by atoms with Crippen LogP contribution in [0.2, 0.25) is 0 Å². The third kappa shape index (κ3) is 7.79. The van der Waals surface area contributed by atoms with Crippen LogP contribution in [0.5, 0.6) is 5.75 Å². The molecule has 0 atom stereocenters. The van der Waals surface area contributed by atoms with Crippen molar-refractivity contribution < 1.29 is 9.53 Å². The average Bonchev–Trinajstić information content (AvgIpc) is 3.25. The summed E-state index contributed by atoms with van der Waals surface area (Å²) in [5, 5.41) is 5.55. The molecule has 0 saturated carbocycles. The summed E-state index contributed by atoms with van der Waals surface area (Å²) in [6.45, 7) is 2.68. The minimum atomic E-state index is 0. The van der Waals surface area contributed by atoms with Gasteiger partial charge in [0.1, 0.15) is 18.4 Å². The molecular formula is C22H31IN4O2S. The Morgan fingerprint density at radius 2 is 1.93 bits per heavy atom. The lowest BCUT2D eigenvalue weighted by Crippen LogP contribution is -2.48. The first-order chi connectivity index (χ1) is 14.1. The summed E-state index contributed by atoms with van der Waals surface area (Å²) in [4.78, 5) is 21.8. The van der Waals surface area contributed by atoms with Crippen LogP contribution >= 0.6 is 35.3 Å². The summed E-state index contributed by atoms with van der Waals surface area (Å²) >= 11 is 1.76. The van der Waals surface area contributed by atoms with Gasteiger partial charge in [0.25, 0.3) is 0 Å². The predicted octanol–water partition coefficient (Wildman–Crippen LogP) is 3.49. The van der Waals surface area contributed by atoms with Crippen molar-refractivity contribution >= 4 is 47.2 Å². The van der Waals surface area contributed by atoms with Gasteiger partial charge in [-0.15, -0.1) is 35.3 Å². The van der Waals surface area contributed by atoms with E-state index in [1.807, 2.05) is 30.3 Å². The fraction of sp³-hybridized carbons (Fsp3) is 0.455. The molecule has 1 aliphatic rings. The number of hydrogen-bond acceptors (Lipinski definition) is 4. The third-order valence-electron chi connectivity index (χ3n) is 4.88. The molecule has 1 saturated heterocycles. The van der Waals surface area contributed by atoms with Crippen LogP contribution in [-0.4, -0.2) is 68.0 Å². The lowest BCUT2D eigenvalue weighted by atomic mass is 10.1. The van der Waals surface area contributed by atoms with Gasteiger partial charge in [0.05, 0.1) is 0 Å². The Morgan fingerprint density at radius 3 is 2.57 bits per heavy atom. The van der Waals surface area contributed by atoms with Crippen LogP contribution in [0.15, 0.2) is 52.8 Å². The summed E-state index contributed by atoms with van der Waals surface area (Å²) in [6.07, 6.45) is 3.03. The van der Waals surface area contributed by atoms with Gasteiger partial charge in [-0.05, 0) is 30.0 Å². The second-order valence-corrected chi connectivity index (χ2v) is 8.33. The van der Waals surface area contributed by atoms with E-state index in [0.717, 1.165) is 50.6 Å². The standard InChI is InChI=1S/C22H30N4O2S.HI/c1-25(2)21(27)17-24-22(23-13-10-20-9-6-16-29-20)26-14-11-19(12-15-26)28-18-7-4-3-5-8-18;/h3-9,16,19H,10-15,17H2,1-2H3,(H,23,24);1H. The number of guanidine groups is 1. The first-order valence-electron chi connectivity index (χ1n) is 10.1. The maximum atomic E-state index is 12.0. The van der Waals surface area contributed by atoms with Crippen LogP contribution in [0.4, 0.5) is 0 Å². The summed E-state index contributed by atoms with van der Waals surface area (Å²) in [5.41, 5.74) is 0. The van der Waals surface area contributed by atoms with Crippen molar-refractivity contribution in [3.8, 4) is 5.75 Å². The van der Waals surface area contributed by atoms with Crippen LogP contribution in [-0.2, 0) is 11.2 Å². The quantitative estimate of drug-likeness (QED) is 0.331. The zero-order valence-corrected chi connectivity index (χ0v) is 20.8. The fourth-order valence-electron chi connectivity index (χ4n) is 3.18. The molecule has 6 nitrogen and oxygen atoms in total. The minimum absolute atomic E-state index is 0. The lowest BCUT2D eigenvalue weighted by Gasteiger charge is -2.34. The first-order valence-corrected chi connectivity index (χ1v) is 11.0. The van der Waals surface area contributed by atoms with E-state index in [1.165, 1.54) is 4.88 Å². The van der Waals surface area contributed by atoms with Gasteiger partial charge in [-0.1, -0.05) is 24.3 Å². The average molecular weight is 542 g/mol. The zero-order valence-electron chi connectivity index (χ0n) is 17.6. The number of thiophene rings is 1. The van der Waals surface area contributed by atoms with E-state index >= 15 is 0 Å². The maximum Gasteiger partial charge on any atom is 0.243 e. The van der Waals surface area contributed by atoms with Gasteiger partial charge in [0.2, 0.25) is 5.91 Å². The van der Waals surface area contributed by atoms with E-state index in [2.05, 4.69) is 32.7 Å². The van der Waals surface area contributed by atoms with Gasteiger partial charge in [-0.25, -0.2) is 4.99 Å². The molecule has 2 heterocycles. The molecule has 0 radical (unpaired) electrons. The molecule has 164 valence electrons. The van der Waals surface area contributed by atoms with Gasteiger partial charge in [-0.3, -0.25) is 4.79 Å². The van der Waals surface area contributed by atoms with Crippen molar-refractivity contribution in [1.82, 2.24) is 15.1 Å². The molecule has 1 aromatic heterocycles. The first kappa shape index (κ1) is 24.5. The molecule has 0 unspecified atom stereocenters. The molecule has 2 aromatic rings. The number of nitrogens with one attached hydrogen (secondary N) is 1. The number of ether oxygens (including phenoxy) is 1. The van der Waals surface area contributed by atoms with Crippen LogP contribution in [0, 0.1) is 0 Å². The Morgan fingerprint density at radius 1 is 1.20 bits per heavy atom. The molecule has 3 rings (SSSR count). The minimum Gasteiger partial charge on any atom is -0.490 e. The predicted molar refractivity (Wildman–Crippen MR) is 134 cm³/mol. The van der Waals surface area contributed by atoms with E-state index in [-0.39, 0.29) is 42.5 Å². The van der Waals surface area contributed by atoms with Gasteiger partial charge in [0.15, 0.2) is 5.96 Å². The molecule has 30 heavy (non-hydrogen) atoms. The second kappa shape index (κ2) is 12.8. The van der Waals surface area contributed by atoms with E-state index < -0.39 is 0 Å². The molecule has 0 bridgehead atoms. The topological polar surface area (TPSA) is 57.2 Å². The Balaban J connectivity index is 0.00000320. The van der Waals surface area contributed by atoms with Gasteiger partial charge < -0.3 is 19.9 Å². The lowest BCUT2D eigenvalue weighted by molar-refractivity contribution is -0.127. The Hall–Kier alpha value is -1.81. The summed E-state index contributed by atoms with van der Waals surface area (Å²) < 4.78 is 6.10. The van der Waals surface area contributed by atoms with Crippen molar-refractivity contribution in [2.45, 2.75) is 25.4 Å². The molecule has 1 amide bonds. The number of amides is 1. The molecule has 0 spiro atoms. The van der Waals surface area contributed by atoms with Gasteiger partial charge in [0, 0.05) is 51.4 Å². The number of rotatable bonds is 7. The number of halogens is 1. The highest BCUT2D eigenvalue weighted by Crippen LogP contribution is 2.18. The van der Waals surface area contributed by atoms with Crippen LogP contribution < -0.4 is 10.1 Å². The van der Waals surface area contributed by atoms with Crippen LogP contribution in [0.1, 0.15) is 17.7 Å². The molecule has 0 aliphatic carbocycles. The number of likely N-dealkylation sites (N-methyl/N-ethyl adjacent to an activating group) is 1. The number of carbonyl (C=O) groups excluding carboxylic acids is 1. The second-order valence-electron chi connectivity index (χ2n) is 7.30. The summed E-state index contributed by atoms with van der Waals surface area (Å²) in [6, 6.07) is 14.2. The molecular weight excluding hydrogens is 511 g/mol. The highest BCUT2D eigenvalue weighted by atomic mass is 127. The SMILES string of the molecule is CN(C)C(=O)CN=C(NCCc1cccs1)N1CCC(Oc2ccccc2)CC1.I. The normalized spacial score (nSPS) is 14.7. The van der Waals surface area contributed by atoms with Crippen LogP contribution in [0.25, 0.3) is 0 Å². The van der Waals surface area contributed by atoms with Gasteiger partial charge >= 0.3 is 0 Å². The zero-order chi connectivity index (χ0) is 20.5. The number of nitrogens with zero attached hydrogens (tertiary/aromatic N) is 3. The number of benzene rings is 1. The number of piperidine rings is 1. The number of carbonyl (C=O) groups is 1. The Kier molecular flexibility index (Phi) is 10.4. The van der Waals surface area contributed by atoms with E-state index in [1.54, 1.807) is 30.3 Å². The van der Waals surface area contributed by atoms with Gasteiger partial charge in [-0.2, -0.15) is 0 Å². The van der Waals surface area contributed by atoms with E-state index in [0.29, 0.717) is 0 Å². The van der Waals surface area contributed by atoms with Crippen molar-refractivity contribution in [3.05, 3.63) is 52.7 Å². The number of para-hydroxylation sites is 1. The number of aliphatic imine (C=N–C) groups is 1. The van der Waals surface area contributed by atoms with Crippen molar-refractivity contribution in [2.24, 2.45) is 4.99 Å². The largest absolute Gasteiger partial charge is 0.490 e. The monoisotopic (exact) mass is 542 g/mol. The van der Waals surface area contributed by atoms with E-state index in [9.17, 15) is 4.79 Å². The molecule has 1 N–H and O–H groups in total. The Bertz CT molecular complexity index is 776. The summed E-state index contributed by atoms with van der Waals surface area (Å²) in [5.74, 6) is 1.74. The molecule has 1 aromatic carbocycles. The highest BCUT2D eigenvalue weighted by molar-refractivity contribution is 14.0. The van der Waals surface area contributed by atoms with Crippen molar-refractivity contribution in [1.29, 1.82) is 0 Å². The van der Waals surface area contributed by atoms with Crippen molar-refractivity contribution in [2.75, 3.05) is 40.3 Å². The molecule has 8 heteroatoms. The third-order valence-corrected chi connectivity index (χ3v) is 5.82.